The predicted molar refractivity (Wildman–Crippen MR) is 90.8 cm³/mol. The summed E-state index contributed by atoms with van der Waals surface area (Å²) < 4.78 is 28.4. The van der Waals surface area contributed by atoms with Crippen LogP contribution in [0.15, 0.2) is 27.6 Å². The highest BCUT2D eigenvalue weighted by Gasteiger charge is 2.21. The maximum absolute atomic E-state index is 12.5. The molecule has 0 atom stereocenters. The molecule has 0 bridgehead atoms. The molecular formula is C15H25BrN2O2S. The van der Waals surface area contributed by atoms with Crippen LogP contribution in [0.3, 0.4) is 0 Å². The van der Waals surface area contributed by atoms with Gasteiger partial charge < -0.3 is 5.32 Å². The minimum Gasteiger partial charge on any atom is -0.313 e. The van der Waals surface area contributed by atoms with Crippen molar-refractivity contribution in [3.63, 3.8) is 0 Å². The van der Waals surface area contributed by atoms with E-state index in [0.717, 1.165) is 31.4 Å². The van der Waals surface area contributed by atoms with Crippen molar-refractivity contribution in [3.8, 4) is 0 Å². The van der Waals surface area contributed by atoms with Gasteiger partial charge in [-0.2, -0.15) is 0 Å². The van der Waals surface area contributed by atoms with E-state index >= 15 is 0 Å². The molecule has 0 heterocycles. The number of benzene rings is 1. The molecule has 120 valence electrons. The van der Waals surface area contributed by atoms with Gasteiger partial charge in [-0.15, -0.1) is 0 Å². The largest absolute Gasteiger partial charge is 0.313 e. The summed E-state index contributed by atoms with van der Waals surface area (Å²) in [6.45, 7) is 7.66. The van der Waals surface area contributed by atoms with E-state index in [0.29, 0.717) is 15.9 Å². The van der Waals surface area contributed by atoms with Crippen molar-refractivity contribution in [1.82, 2.24) is 10.0 Å². The van der Waals surface area contributed by atoms with Crippen molar-refractivity contribution in [2.24, 2.45) is 0 Å². The van der Waals surface area contributed by atoms with Crippen LogP contribution in [0, 0.1) is 0 Å². The highest BCUT2D eigenvalue weighted by molar-refractivity contribution is 9.10. The molecule has 0 aliphatic heterocycles. The second-order valence-corrected chi connectivity index (χ2v) is 7.61. The number of rotatable bonds is 9. The fourth-order valence-corrected chi connectivity index (χ4v) is 4.43. The van der Waals surface area contributed by atoms with Crippen LogP contribution in [0.4, 0.5) is 0 Å². The number of nitrogens with one attached hydrogen (secondary N) is 2. The van der Waals surface area contributed by atoms with E-state index in [1.165, 1.54) is 0 Å². The topological polar surface area (TPSA) is 58.2 Å². The van der Waals surface area contributed by atoms with Crippen LogP contribution in [-0.2, 0) is 16.6 Å². The summed E-state index contributed by atoms with van der Waals surface area (Å²) >= 11 is 3.34. The molecule has 1 rings (SSSR count). The fourth-order valence-electron chi connectivity index (χ4n) is 2.01. The average Bonchev–Trinajstić information content (AvgIpc) is 2.46. The van der Waals surface area contributed by atoms with E-state index in [1.807, 2.05) is 19.9 Å². The van der Waals surface area contributed by atoms with E-state index < -0.39 is 10.0 Å². The maximum Gasteiger partial charge on any atom is 0.241 e. The lowest BCUT2D eigenvalue weighted by molar-refractivity contribution is 0.529. The van der Waals surface area contributed by atoms with Gasteiger partial charge in [-0.05, 0) is 59.4 Å². The third-order valence-corrected chi connectivity index (χ3v) is 5.86. The quantitative estimate of drug-likeness (QED) is 0.649. The summed E-state index contributed by atoms with van der Waals surface area (Å²) in [6.07, 6.45) is 2.62. The van der Waals surface area contributed by atoms with Crippen LogP contribution in [-0.4, -0.2) is 21.0 Å². The number of sulfonamides is 1. The first-order chi connectivity index (χ1) is 9.94. The molecule has 4 nitrogen and oxygen atoms in total. The van der Waals surface area contributed by atoms with E-state index in [2.05, 4.69) is 32.9 Å². The third-order valence-electron chi connectivity index (χ3n) is 3.35. The SMILES string of the molecule is CCCNCc1ccc(Br)c(S(=O)(=O)NC(CC)CC)c1. The molecule has 0 spiro atoms. The Kier molecular flexibility index (Phi) is 7.87. The number of halogens is 1. The van der Waals surface area contributed by atoms with Gasteiger partial charge in [0.2, 0.25) is 10.0 Å². The smallest absolute Gasteiger partial charge is 0.241 e. The molecule has 0 aliphatic carbocycles. The summed E-state index contributed by atoms with van der Waals surface area (Å²) in [6, 6.07) is 5.44. The first-order valence-corrected chi connectivity index (χ1v) is 9.73. The molecule has 2 N–H and O–H groups in total. The lowest BCUT2D eigenvalue weighted by atomic mass is 10.2. The maximum atomic E-state index is 12.5. The Morgan fingerprint density at radius 3 is 2.43 bits per heavy atom. The lowest BCUT2D eigenvalue weighted by Crippen LogP contribution is -2.34. The molecule has 0 unspecified atom stereocenters. The van der Waals surface area contributed by atoms with Gasteiger partial charge in [0.1, 0.15) is 0 Å². The minimum atomic E-state index is -3.49. The molecule has 1 aromatic rings. The van der Waals surface area contributed by atoms with Crippen molar-refractivity contribution in [3.05, 3.63) is 28.2 Å². The molecule has 1 aromatic carbocycles. The highest BCUT2D eigenvalue weighted by Crippen LogP contribution is 2.24. The summed E-state index contributed by atoms with van der Waals surface area (Å²) in [5, 5.41) is 3.28. The predicted octanol–water partition coefficient (Wildman–Crippen LogP) is 3.42. The van der Waals surface area contributed by atoms with Crippen LogP contribution in [0.1, 0.15) is 45.6 Å². The van der Waals surface area contributed by atoms with Crippen LogP contribution in [0.2, 0.25) is 0 Å². The number of hydrogen-bond acceptors (Lipinski definition) is 3. The lowest BCUT2D eigenvalue weighted by Gasteiger charge is -2.16. The van der Waals surface area contributed by atoms with E-state index in [9.17, 15) is 8.42 Å². The first-order valence-electron chi connectivity index (χ1n) is 7.46. The van der Waals surface area contributed by atoms with Crippen molar-refractivity contribution in [1.29, 1.82) is 0 Å². The first kappa shape index (κ1) is 18.6. The van der Waals surface area contributed by atoms with Gasteiger partial charge in [-0.3, -0.25) is 0 Å². The highest BCUT2D eigenvalue weighted by atomic mass is 79.9. The van der Waals surface area contributed by atoms with Crippen LogP contribution in [0.5, 0.6) is 0 Å². The van der Waals surface area contributed by atoms with Crippen molar-refractivity contribution in [2.45, 2.75) is 57.5 Å². The van der Waals surface area contributed by atoms with E-state index in [-0.39, 0.29) is 6.04 Å². The molecule has 0 saturated heterocycles. The Morgan fingerprint density at radius 2 is 1.86 bits per heavy atom. The second-order valence-electron chi connectivity index (χ2n) is 5.08. The van der Waals surface area contributed by atoms with Crippen molar-refractivity contribution >= 4 is 26.0 Å². The Bertz CT molecular complexity index is 543. The zero-order valence-electron chi connectivity index (χ0n) is 12.9. The molecule has 6 heteroatoms. The van der Waals surface area contributed by atoms with Gasteiger partial charge >= 0.3 is 0 Å². The summed E-state index contributed by atoms with van der Waals surface area (Å²) in [4.78, 5) is 0.310. The van der Waals surface area contributed by atoms with Gasteiger partial charge in [0.05, 0.1) is 4.90 Å². The van der Waals surface area contributed by atoms with Gasteiger partial charge in [0.25, 0.3) is 0 Å². The normalized spacial score (nSPS) is 12.0. The Labute approximate surface area is 136 Å². The van der Waals surface area contributed by atoms with Gasteiger partial charge in [-0.25, -0.2) is 13.1 Å². The van der Waals surface area contributed by atoms with Gasteiger partial charge in [0, 0.05) is 17.1 Å². The Balaban J connectivity index is 2.96. The molecule has 0 amide bonds. The molecule has 0 fully saturated rings. The second kappa shape index (κ2) is 8.88. The molecular weight excluding hydrogens is 352 g/mol. The van der Waals surface area contributed by atoms with Crippen LogP contribution < -0.4 is 10.0 Å². The van der Waals surface area contributed by atoms with Crippen LogP contribution >= 0.6 is 15.9 Å². The van der Waals surface area contributed by atoms with E-state index in [4.69, 9.17) is 0 Å². The molecule has 0 radical (unpaired) electrons. The summed E-state index contributed by atoms with van der Waals surface area (Å²) in [5.41, 5.74) is 0.969. The van der Waals surface area contributed by atoms with Crippen molar-refractivity contribution < 1.29 is 8.42 Å². The zero-order valence-corrected chi connectivity index (χ0v) is 15.4. The van der Waals surface area contributed by atoms with Crippen molar-refractivity contribution in [2.75, 3.05) is 6.54 Å². The van der Waals surface area contributed by atoms with Crippen LogP contribution in [0.25, 0.3) is 0 Å². The van der Waals surface area contributed by atoms with Gasteiger partial charge in [0.15, 0.2) is 0 Å². The Morgan fingerprint density at radius 1 is 1.19 bits per heavy atom. The number of hydrogen-bond donors (Lipinski definition) is 2. The molecule has 0 saturated carbocycles. The van der Waals surface area contributed by atoms with Gasteiger partial charge in [-0.1, -0.05) is 26.8 Å². The molecule has 0 aliphatic rings. The monoisotopic (exact) mass is 376 g/mol. The summed E-state index contributed by atoms with van der Waals surface area (Å²) in [5.74, 6) is 0. The average molecular weight is 377 g/mol. The molecule has 21 heavy (non-hydrogen) atoms. The Hall–Kier alpha value is -0.430. The zero-order chi connectivity index (χ0) is 15.9. The minimum absolute atomic E-state index is 0.0243. The molecule has 0 aromatic heterocycles. The third kappa shape index (κ3) is 5.70. The standard InChI is InChI=1S/C15H25BrN2O2S/c1-4-9-17-11-12-7-8-14(16)15(10-12)21(19,20)18-13(5-2)6-3/h7-8,10,13,17-18H,4-6,9,11H2,1-3H3. The van der Waals surface area contributed by atoms with E-state index in [1.54, 1.807) is 12.1 Å². The fraction of sp³-hybridized carbons (Fsp3) is 0.600. The summed E-state index contributed by atoms with van der Waals surface area (Å²) in [7, 11) is -3.49.